The van der Waals surface area contributed by atoms with Crippen LogP contribution in [0.2, 0.25) is 10.0 Å². The fourth-order valence-corrected chi connectivity index (χ4v) is 3.82. The molecule has 0 bridgehead atoms. The van der Waals surface area contributed by atoms with Crippen LogP contribution in [0.1, 0.15) is 0 Å². The number of rotatable bonds is 7. The van der Waals surface area contributed by atoms with E-state index in [1.165, 1.54) is 23.9 Å². The Morgan fingerprint density at radius 3 is 2.72 bits per heavy atom. The van der Waals surface area contributed by atoms with Gasteiger partial charge in [-0.05, 0) is 36.4 Å². The highest BCUT2D eigenvalue weighted by atomic mass is 79.9. The van der Waals surface area contributed by atoms with E-state index in [0.717, 1.165) is 5.56 Å². The number of carbonyl (C=O) groups is 1. The van der Waals surface area contributed by atoms with Crippen molar-refractivity contribution in [2.75, 3.05) is 11.1 Å². The molecule has 0 spiro atoms. The van der Waals surface area contributed by atoms with Crippen LogP contribution in [0.25, 0.3) is 11.4 Å². The lowest BCUT2D eigenvalue weighted by atomic mass is 10.2. The lowest BCUT2D eigenvalue weighted by Gasteiger charge is -2.09. The van der Waals surface area contributed by atoms with E-state index in [1.807, 2.05) is 4.57 Å². The van der Waals surface area contributed by atoms with Gasteiger partial charge in [-0.3, -0.25) is 9.36 Å². The van der Waals surface area contributed by atoms with Crippen molar-refractivity contribution in [1.29, 1.82) is 0 Å². The third-order valence-corrected chi connectivity index (χ3v) is 5.94. The number of amides is 1. The van der Waals surface area contributed by atoms with Crippen LogP contribution in [0.3, 0.4) is 0 Å². The zero-order valence-electron chi connectivity index (χ0n) is 14.8. The average molecular weight is 516 g/mol. The summed E-state index contributed by atoms with van der Waals surface area (Å²) in [5.74, 6) is -0.271. The Morgan fingerprint density at radius 2 is 2.03 bits per heavy atom. The Labute approximate surface area is 189 Å². The van der Waals surface area contributed by atoms with Gasteiger partial charge in [0.1, 0.15) is 5.82 Å². The van der Waals surface area contributed by atoms with E-state index in [1.54, 1.807) is 30.3 Å². The third-order valence-electron chi connectivity index (χ3n) is 3.74. The average Bonchev–Trinajstić information content (AvgIpc) is 3.07. The molecular weight excluding hydrogens is 502 g/mol. The summed E-state index contributed by atoms with van der Waals surface area (Å²) in [6.45, 7) is 4.19. The van der Waals surface area contributed by atoms with E-state index in [2.05, 4.69) is 38.0 Å². The molecule has 1 aromatic heterocycles. The van der Waals surface area contributed by atoms with Crippen molar-refractivity contribution in [2.24, 2.45) is 0 Å². The lowest BCUT2D eigenvalue weighted by molar-refractivity contribution is -0.113. The molecule has 3 rings (SSSR count). The summed E-state index contributed by atoms with van der Waals surface area (Å²) in [5, 5.41) is 12.3. The predicted octanol–water partition coefficient (Wildman–Crippen LogP) is 6.07. The molecule has 0 aliphatic carbocycles. The van der Waals surface area contributed by atoms with E-state index in [0.29, 0.717) is 32.0 Å². The van der Waals surface area contributed by atoms with Crippen molar-refractivity contribution >= 4 is 62.5 Å². The quantitative estimate of drug-likeness (QED) is 0.306. The van der Waals surface area contributed by atoms with Crippen molar-refractivity contribution in [1.82, 2.24) is 14.8 Å². The van der Waals surface area contributed by atoms with Gasteiger partial charge in [-0.1, -0.05) is 57.0 Å². The summed E-state index contributed by atoms with van der Waals surface area (Å²) in [6, 6.07) is 9.59. The normalized spacial score (nSPS) is 10.8. The molecule has 0 aliphatic heterocycles. The van der Waals surface area contributed by atoms with Gasteiger partial charge in [0.15, 0.2) is 11.0 Å². The van der Waals surface area contributed by atoms with Gasteiger partial charge in [-0.2, -0.15) is 0 Å². The van der Waals surface area contributed by atoms with Crippen LogP contribution >= 0.6 is 50.9 Å². The van der Waals surface area contributed by atoms with Crippen LogP contribution in [-0.2, 0) is 11.3 Å². The number of benzene rings is 2. The largest absolute Gasteiger partial charge is 0.323 e. The van der Waals surface area contributed by atoms with Gasteiger partial charge >= 0.3 is 0 Å². The molecule has 1 N–H and O–H groups in total. The Bertz CT molecular complexity index is 1080. The van der Waals surface area contributed by atoms with Gasteiger partial charge in [0.2, 0.25) is 5.91 Å². The molecule has 0 aliphatic rings. The van der Waals surface area contributed by atoms with Crippen molar-refractivity contribution in [2.45, 2.75) is 11.7 Å². The molecule has 150 valence electrons. The number of hydrogen-bond acceptors (Lipinski definition) is 4. The molecule has 0 unspecified atom stereocenters. The highest BCUT2D eigenvalue weighted by Crippen LogP contribution is 2.30. The molecule has 2 aromatic carbocycles. The van der Waals surface area contributed by atoms with E-state index in [4.69, 9.17) is 23.2 Å². The van der Waals surface area contributed by atoms with Gasteiger partial charge in [0.25, 0.3) is 0 Å². The van der Waals surface area contributed by atoms with Crippen LogP contribution in [0.15, 0.2) is 58.7 Å². The maximum Gasteiger partial charge on any atom is 0.234 e. The van der Waals surface area contributed by atoms with Crippen LogP contribution in [0.5, 0.6) is 0 Å². The summed E-state index contributed by atoms with van der Waals surface area (Å²) in [7, 11) is 0. The van der Waals surface area contributed by atoms with E-state index < -0.39 is 5.82 Å². The molecule has 10 heteroatoms. The maximum atomic E-state index is 13.9. The minimum absolute atomic E-state index is 0.0339. The number of hydrogen-bond donors (Lipinski definition) is 1. The molecule has 0 atom stereocenters. The van der Waals surface area contributed by atoms with Crippen molar-refractivity contribution in [3.05, 3.63) is 69.4 Å². The third kappa shape index (κ3) is 5.39. The molecule has 1 heterocycles. The SMILES string of the molecule is C=CCn1c(SCC(=O)Nc2ccc(Br)cc2F)nnc1-c1ccc(Cl)c(Cl)c1. The van der Waals surface area contributed by atoms with E-state index in [9.17, 15) is 9.18 Å². The zero-order chi connectivity index (χ0) is 21.0. The van der Waals surface area contributed by atoms with Gasteiger partial charge in [-0.25, -0.2) is 4.39 Å². The molecule has 0 saturated heterocycles. The molecule has 3 aromatic rings. The Hall–Kier alpha value is -1.87. The number of allylic oxidation sites excluding steroid dienone is 1. The Morgan fingerprint density at radius 1 is 1.24 bits per heavy atom. The summed E-state index contributed by atoms with van der Waals surface area (Å²) in [4.78, 5) is 12.2. The topological polar surface area (TPSA) is 59.8 Å². The summed E-state index contributed by atoms with van der Waals surface area (Å²) in [5.41, 5.74) is 0.852. The number of nitrogens with zero attached hydrogens (tertiary/aromatic N) is 3. The smallest absolute Gasteiger partial charge is 0.234 e. The second kappa shape index (κ2) is 9.75. The second-order valence-electron chi connectivity index (χ2n) is 5.80. The minimum Gasteiger partial charge on any atom is -0.323 e. The van der Waals surface area contributed by atoms with Gasteiger partial charge in [-0.15, -0.1) is 16.8 Å². The molecule has 0 radical (unpaired) electrons. The number of aromatic nitrogens is 3. The van der Waals surface area contributed by atoms with Crippen molar-refractivity contribution in [3.63, 3.8) is 0 Å². The first-order valence-corrected chi connectivity index (χ1v) is 10.8. The van der Waals surface area contributed by atoms with Crippen LogP contribution in [-0.4, -0.2) is 26.4 Å². The second-order valence-corrected chi connectivity index (χ2v) is 8.47. The number of anilines is 1. The summed E-state index contributed by atoms with van der Waals surface area (Å²) >= 11 is 16.4. The fraction of sp³-hybridized carbons (Fsp3) is 0.105. The van der Waals surface area contributed by atoms with Crippen LogP contribution in [0, 0.1) is 5.82 Å². The predicted molar refractivity (Wildman–Crippen MR) is 119 cm³/mol. The molecule has 0 fully saturated rings. The molecule has 29 heavy (non-hydrogen) atoms. The van der Waals surface area contributed by atoms with Crippen LogP contribution < -0.4 is 5.32 Å². The summed E-state index contributed by atoms with van der Waals surface area (Å²) in [6.07, 6.45) is 1.70. The number of thioether (sulfide) groups is 1. The van der Waals surface area contributed by atoms with E-state index in [-0.39, 0.29) is 17.3 Å². The Kier molecular flexibility index (Phi) is 7.34. The minimum atomic E-state index is -0.519. The van der Waals surface area contributed by atoms with Gasteiger partial charge in [0, 0.05) is 16.6 Å². The van der Waals surface area contributed by atoms with Gasteiger partial charge < -0.3 is 5.32 Å². The van der Waals surface area contributed by atoms with Crippen molar-refractivity contribution < 1.29 is 9.18 Å². The molecule has 1 amide bonds. The Balaban J connectivity index is 1.75. The summed E-state index contributed by atoms with van der Waals surface area (Å²) < 4.78 is 16.3. The monoisotopic (exact) mass is 514 g/mol. The number of carbonyl (C=O) groups excluding carboxylic acids is 1. The molecule has 5 nitrogen and oxygen atoms in total. The maximum absolute atomic E-state index is 13.9. The van der Waals surface area contributed by atoms with Gasteiger partial charge in [0.05, 0.1) is 21.5 Å². The lowest BCUT2D eigenvalue weighted by Crippen LogP contribution is -2.15. The highest BCUT2D eigenvalue weighted by molar-refractivity contribution is 9.10. The zero-order valence-corrected chi connectivity index (χ0v) is 18.7. The highest BCUT2D eigenvalue weighted by Gasteiger charge is 2.16. The number of nitrogens with one attached hydrogen (secondary N) is 1. The standard InChI is InChI=1S/C19H14BrCl2FN4OS/c1-2-7-27-18(11-3-5-13(21)14(22)8-11)25-26-19(27)29-10-17(28)24-16-6-4-12(20)9-15(16)23/h2-6,8-9H,1,7,10H2,(H,24,28). The molecular formula is C19H14BrCl2FN4OS. The molecule has 0 saturated carbocycles. The first kappa shape index (κ1) is 21.8. The van der Waals surface area contributed by atoms with E-state index >= 15 is 0 Å². The first-order chi connectivity index (χ1) is 13.9. The number of halogens is 4. The van der Waals surface area contributed by atoms with Crippen molar-refractivity contribution in [3.8, 4) is 11.4 Å². The first-order valence-electron chi connectivity index (χ1n) is 8.26. The van der Waals surface area contributed by atoms with Crippen LogP contribution in [0.4, 0.5) is 10.1 Å². The fourth-order valence-electron chi connectivity index (χ4n) is 2.45.